The van der Waals surface area contributed by atoms with E-state index in [4.69, 9.17) is 5.11 Å². The Balaban J connectivity index is 2.34. The number of carbonyl (C=O) groups is 1. The number of hydrogen-bond acceptors (Lipinski definition) is 2. The number of benzene rings is 1. The first kappa shape index (κ1) is 14.1. The minimum absolute atomic E-state index is 0.231. The third-order valence-corrected chi connectivity index (χ3v) is 3.26. The van der Waals surface area contributed by atoms with Crippen LogP contribution in [0.15, 0.2) is 41.2 Å². The standard InChI is InChI=1S/C16H17NO3/c1-10(2)13-6-4-3-5-11(13)9-12-7-8-14(16(19)20)15(18)17-12/h3-8,10H,9H2,1-2H3,(H,17,18)(H,19,20). The molecule has 1 aromatic carbocycles. The van der Waals surface area contributed by atoms with Gasteiger partial charge in [0.15, 0.2) is 0 Å². The Hall–Kier alpha value is -2.36. The first-order valence-electron chi connectivity index (χ1n) is 6.52. The first-order valence-corrected chi connectivity index (χ1v) is 6.52. The van der Waals surface area contributed by atoms with Gasteiger partial charge in [-0.15, -0.1) is 0 Å². The van der Waals surface area contributed by atoms with E-state index in [-0.39, 0.29) is 5.56 Å². The number of hydrogen-bond donors (Lipinski definition) is 2. The van der Waals surface area contributed by atoms with Gasteiger partial charge in [-0.2, -0.15) is 0 Å². The minimum Gasteiger partial charge on any atom is -0.477 e. The number of aromatic amines is 1. The minimum atomic E-state index is -1.21. The highest BCUT2D eigenvalue weighted by Crippen LogP contribution is 2.21. The molecule has 20 heavy (non-hydrogen) atoms. The average Bonchev–Trinajstić information content (AvgIpc) is 2.38. The fourth-order valence-corrected chi connectivity index (χ4v) is 2.25. The molecule has 2 rings (SSSR count). The Morgan fingerprint density at radius 2 is 1.90 bits per heavy atom. The van der Waals surface area contributed by atoms with Crippen molar-refractivity contribution < 1.29 is 9.90 Å². The summed E-state index contributed by atoms with van der Waals surface area (Å²) in [7, 11) is 0. The van der Waals surface area contributed by atoms with Gasteiger partial charge in [-0.25, -0.2) is 4.79 Å². The van der Waals surface area contributed by atoms with Crippen LogP contribution in [0, 0.1) is 0 Å². The lowest BCUT2D eigenvalue weighted by Crippen LogP contribution is -2.18. The summed E-state index contributed by atoms with van der Waals surface area (Å²) in [5, 5.41) is 8.84. The van der Waals surface area contributed by atoms with Gasteiger partial charge >= 0.3 is 5.97 Å². The molecule has 2 aromatic rings. The van der Waals surface area contributed by atoms with Crippen LogP contribution < -0.4 is 5.56 Å². The van der Waals surface area contributed by atoms with E-state index in [1.807, 2.05) is 18.2 Å². The lowest BCUT2D eigenvalue weighted by atomic mass is 9.94. The third kappa shape index (κ3) is 2.96. The smallest absolute Gasteiger partial charge is 0.341 e. The van der Waals surface area contributed by atoms with Crippen LogP contribution >= 0.6 is 0 Å². The summed E-state index contributed by atoms with van der Waals surface area (Å²) in [6.07, 6.45) is 0.587. The van der Waals surface area contributed by atoms with E-state index in [0.717, 1.165) is 5.56 Å². The van der Waals surface area contributed by atoms with Gasteiger partial charge in [0.2, 0.25) is 0 Å². The highest BCUT2D eigenvalue weighted by atomic mass is 16.4. The van der Waals surface area contributed by atoms with Crippen LogP contribution in [0.5, 0.6) is 0 Å². The molecular formula is C16H17NO3. The van der Waals surface area contributed by atoms with Crippen molar-refractivity contribution in [1.82, 2.24) is 4.98 Å². The molecule has 0 spiro atoms. The molecule has 4 nitrogen and oxygen atoms in total. The van der Waals surface area contributed by atoms with Crippen LogP contribution in [0.2, 0.25) is 0 Å². The van der Waals surface area contributed by atoms with Crippen molar-refractivity contribution >= 4 is 5.97 Å². The summed E-state index contributed by atoms with van der Waals surface area (Å²) < 4.78 is 0. The largest absolute Gasteiger partial charge is 0.477 e. The lowest BCUT2D eigenvalue weighted by Gasteiger charge is -2.12. The summed E-state index contributed by atoms with van der Waals surface area (Å²) >= 11 is 0. The number of pyridine rings is 1. The number of H-pyrrole nitrogens is 1. The Bertz CT molecular complexity index is 686. The van der Waals surface area contributed by atoms with Crippen LogP contribution in [0.25, 0.3) is 0 Å². The third-order valence-electron chi connectivity index (χ3n) is 3.26. The molecule has 0 aliphatic heterocycles. The van der Waals surface area contributed by atoms with Crippen LogP contribution in [0.4, 0.5) is 0 Å². The molecule has 1 heterocycles. The maximum absolute atomic E-state index is 11.7. The highest BCUT2D eigenvalue weighted by Gasteiger charge is 2.10. The molecule has 0 amide bonds. The van der Waals surface area contributed by atoms with Crippen LogP contribution in [0.1, 0.15) is 46.9 Å². The number of aromatic carboxylic acids is 1. The monoisotopic (exact) mass is 271 g/mol. The quantitative estimate of drug-likeness (QED) is 0.898. The first-order chi connectivity index (χ1) is 9.49. The van der Waals surface area contributed by atoms with E-state index in [2.05, 4.69) is 24.9 Å². The summed E-state index contributed by atoms with van der Waals surface area (Å²) in [6.45, 7) is 4.24. The van der Waals surface area contributed by atoms with Crippen LogP contribution in [-0.4, -0.2) is 16.1 Å². The Kier molecular flexibility index (Phi) is 4.03. The van der Waals surface area contributed by atoms with Crippen molar-refractivity contribution in [2.75, 3.05) is 0 Å². The van der Waals surface area contributed by atoms with Gasteiger partial charge in [-0.05, 0) is 29.2 Å². The molecule has 104 valence electrons. The van der Waals surface area contributed by atoms with Crippen molar-refractivity contribution in [3.63, 3.8) is 0 Å². The molecule has 2 N–H and O–H groups in total. The zero-order chi connectivity index (χ0) is 14.7. The maximum Gasteiger partial charge on any atom is 0.341 e. The lowest BCUT2D eigenvalue weighted by molar-refractivity contribution is 0.0695. The van der Waals surface area contributed by atoms with Gasteiger partial charge in [-0.1, -0.05) is 38.1 Å². The van der Waals surface area contributed by atoms with Gasteiger partial charge in [-0.3, -0.25) is 4.79 Å². The summed E-state index contributed by atoms with van der Waals surface area (Å²) in [5.74, 6) is -0.809. The predicted molar refractivity (Wildman–Crippen MR) is 77.4 cm³/mol. The predicted octanol–water partition coefficient (Wildman–Crippen LogP) is 2.79. The van der Waals surface area contributed by atoms with E-state index in [1.165, 1.54) is 11.6 Å². The molecule has 0 aliphatic rings. The molecule has 0 saturated carbocycles. The Morgan fingerprint density at radius 3 is 2.50 bits per heavy atom. The van der Waals surface area contributed by atoms with Gasteiger partial charge in [0.1, 0.15) is 5.56 Å². The van der Waals surface area contributed by atoms with Crippen molar-refractivity contribution in [3.8, 4) is 0 Å². The zero-order valence-corrected chi connectivity index (χ0v) is 11.5. The molecule has 0 radical (unpaired) electrons. The molecular weight excluding hydrogens is 254 g/mol. The van der Waals surface area contributed by atoms with Crippen molar-refractivity contribution in [2.45, 2.75) is 26.2 Å². The van der Waals surface area contributed by atoms with E-state index in [0.29, 0.717) is 18.0 Å². The number of rotatable bonds is 4. The van der Waals surface area contributed by atoms with Crippen molar-refractivity contribution in [2.24, 2.45) is 0 Å². The number of nitrogens with one attached hydrogen (secondary N) is 1. The maximum atomic E-state index is 11.7. The second-order valence-electron chi connectivity index (χ2n) is 5.06. The van der Waals surface area contributed by atoms with Gasteiger partial charge in [0.25, 0.3) is 5.56 Å². The molecule has 0 saturated heterocycles. The molecule has 0 unspecified atom stereocenters. The number of carboxylic acids is 1. The van der Waals surface area contributed by atoms with Gasteiger partial charge in [0, 0.05) is 12.1 Å². The molecule has 0 fully saturated rings. The molecule has 0 aliphatic carbocycles. The fraction of sp³-hybridized carbons (Fsp3) is 0.250. The van der Waals surface area contributed by atoms with E-state index >= 15 is 0 Å². The highest BCUT2D eigenvalue weighted by molar-refractivity contribution is 5.87. The van der Waals surface area contributed by atoms with Crippen LogP contribution in [-0.2, 0) is 6.42 Å². The fourth-order valence-electron chi connectivity index (χ4n) is 2.25. The molecule has 0 bridgehead atoms. The number of aromatic nitrogens is 1. The van der Waals surface area contributed by atoms with Crippen LogP contribution in [0.3, 0.4) is 0 Å². The normalized spacial score (nSPS) is 10.8. The zero-order valence-electron chi connectivity index (χ0n) is 11.5. The summed E-state index contributed by atoms with van der Waals surface area (Å²) in [4.78, 5) is 25.1. The topological polar surface area (TPSA) is 70.2 Å². The molecule has 1 aromatic heterocycles. The second-order valence-corrected chi connectivity index (χ2v) is 5.06. The van der Waals surface area contributed by atoms with Crippen molar-refractivity contribution in [1.29, 1.82) is 0 Å². The Morgan fingerprint density at radius 1 is 1.20 bits per heavy atom. The summed E-state index contributed by atoms with van der Waals surface area (Å²) in [5.41, 5.74) is 2.30. The van der Waals surface area contributed by atoms with Gasteiger partial charge in [0.05, 0.1) is 0 Å². The Labute approximate surface area is 117 Å². The second kappa shape index (κ2) is 5.74. The molecule has 4 heteroatoms. The molecule has 0 atom stereocenters. The average molecular weight is 271 g/mol. The van der Waals surface area contributed by atoms with E-state index < -0.39 is 11.5 Å². The van der Waals surface area contributed by atoms with Gasteiger partial charge < -0.3 is 10.1 Å². The van der Waals surface area contributed by atoms with E-state index in [1.54, 1.807) is 6.07 Å². The summed E-state index contributed by atoms with van der Waals surface area (Å²) in [6, 6.07) is 11.1. The SMILES string of the molecule is CC(C)c1ccccc1Cc1ccc(C(=O)O)c(=O)[nH]1. The van der Waals surface area contributed by atoms with E-state index in [9.17, 15) is 9.59 Å². The number of carboxylic acid groups (broad SMARTS) is 1. The van der Waals surface area contributed by atoms with Crippen molar-refractivity contribution in [3.05, 3.63) is 69.1 Å².